The van der Waals surface area contributed by atoms with E-state index in [1.165, 1.54) is 0 Å². The summed E-state index contributed by atoms with van der Waals surface area (Å²) >= 11 is 4.29. The molecular weight excluding hydrogens is 103 g/mol. The van der Waals surface area contributed by atoms with Gasteiger partial charge in [-0.15, -0.1) is 0 Å². The van der Waals surface area contributed by atoms with Crippen molar-refractivity contribution in [2.75, 3.05) is 6.16 Å². The van der Waals surface area contributed by atoms with Gasteiger partial charge in [-0.1, -0.05) is 6.92 Å². The van der Waals surface area contributed by atoms with E-state index >= 15 is 0 Å². The first-order valence-electron chi connectivity index (χ1n) is 1.39. The third-order valence-corrected chi connectivity index (χ3v) is 1.55. The Bertz CT molecular complexity index is 67.7. The van der Waals surface area contributed by atoms with Gasteiger partial charge in [0, 0.05) is 6.16 Å². The highest BCUT2D eigenvalue weighted by Gasteiger charge is 1.67. The van der Waals surface area contributed by atoms with Crippen molar-refractivity contribution >= 4 is 18.4 Å². The fourth-order valence-electron chi connectivity index (χ4n) is 0. The zero-order valence-electron chi connectivity index (χ0n) is 2.97. The van der Waals surface area contributed by atoms with E-state index in [1.807, 2.05) is 6.92 Å². The average molecular weight is 108 g/mol. The molecule has 0 aliphatic rings. The summed E-state index contributed by atoms with van der Waals surface area (Å²) in [7, 11) is 0. The molecule has 0 amide bonds. The van der Waals surface area contributed by atoms with Crippen molar-refractivity contribution in [3.8, 4) is 0 Å². The molecule has 0 spiro atoms. The van der Waals surface area contributed by atoms with Gasteiger partial charge in [-0.3, -0.25) is 4.57 Å². The Kier molecular flexibility index (Phi) is 2.71. The average Bonchev–Trinajstić information content (AvgIpc) is 1.38. The van der Waals surface area contributed by atoms with Crippen LogP contribution < -0.4 is 0 Å². The van der Waals surface area contributed by atoms with E-state index in [4.69, 9.17) is 0 Å². The van der Waals surface area contributed by atoms with Crippen LogP contribution in [0, 0.1) is 0 Å². The van der Waals surface area contributed by atoms with Crippen molar-refractivity contribution in [3.63, 3.8) is 0 Å². The highest BCUT2D eigenvalue weighted by atomic mass is 32.4. The summed E-state index contributed by atoms with van der Waals surface area (Å²) in [6, 6.07) is 0. The summed E-state index contributed by atoms with van der Waals surface area (Å²) in [5.41, 5.74) is 0. The van der Waals surface area contributed by atoms with E-state index in [-0.39, 0.29) is 0 Å². The molecular formula is C2H5OPS. The summed E-state index contributed by atoms with van der Waals surface area (Å²) in [6.07, 6.45) is 0.630. The normalized spacial score (nSPS) is 11.0. The molecule has 0 aromatic carbocycles. The summed E-state index contributed by atoms with van der Waals surface area (Å²) in [6.45, 7) is 0.546. The van der Waals surface area contributed by atoms with E-state index in [9.17, 15) is 4.57 Å². The topological polar surface area (TPSA) is 17.1 Å². The number of hydrogen-bond acceptors (Lipinski definition) is 2. The van der Waals surface area contributed by atoms with Crippen LogP contribution in [-0.4, -0.2) is 6.16 Å². The fraction of sp³-hybridized carbons (Fsp3) is 1.00. The zero-order valence-corrected chi connectivity index (χ0v) is 4.68. The maximum atomic E-state index is 9.78. The Hall–Kier alpha value is 0.320. The Labute approximate surface area is 36.8 Å². The van der Waals surface area contributed by atoms with Gasteiger partial charge < -0.3 is 0 Å². The molecule has 0 bridgehead atoms. The third kappa shape index (κ3) is 4.32. The number of hydrogen-bond donors (Lipinski definition) is 0. The van der Waals surface area contributed by atoms with Gasteiger partial charge in [0.1, 0.15) is 0 Å². The fourth-order valence-corrected chi connectivity index (χ4v) is 0. The smallest absolute Gasteiger partial charge is 0.164 e. The van der Waals surface area contributed by atoms with Gasteiger partial charge in [0.25, 0.3) is 0 Å². The Balaban J connectivity index is 3.23. The second-order valence-corrected chi connectivity index (χ2v) is 3.17. The van der Waals surface area contributed by atoms with Crippen LogP contribution in [-0.2, 0) is 16.4 Å². The molecule has 0 aliphatic heterocycles. The first-order chi connectivity index (χ1) is 2.27. The predicted octanol–water partition coefficient (Wildman–Crippen LogP) is 1.30. The van der Waals surface area contributed by atoms with Gasteiger partial charge in [-0.05, 0) is 11.8 Å². The lowest BCUT2D eigenvalue weighted by Gasteiger charge is -1.58. The molecule has 0 saturated heterocycles. The third-order valence-electron chi connectivity index (χ3n) is 0.258. The van der Waals surface area contributed by atoms with Crippen LogP contribution in [0.4, 0.5) is 0 Å². The molecule has 0 heterocycles. The Morgan fingerprint density at radius 2 is 2.20 bits per heavy atom. The van der Waals surface area contributed by atoms with Crippen molar-refractivity contribution in [1.82, 2.24) is 0 Å². The lowest BCUT2D eigenvalue weighted by atomic mass is 11.0. The Morgan fingerprint density at radius 1 is 2.00 bits per heavy atom. The summed E-state index contributed by atoms with van der Waals surface area (Å²) < 4.78 is 9.78. The predicted molar refractivity (Wildman–Crippen MR) is 25.5 cm³/mol. The van der Waals surface area contributed by atoms with Gasteiger partial charge in [0.15, 0.2) is 6.58 Å². The van der Waals surface area contributed by atoms with Gasteiger partial charge >= 0.3 is 0 Å². The second kappa shape index (κ2) is 2.55. The lowest BCUT2D eigenvalue weighted by Crippen LogP contribution is -1.45. The van der Waals surface area contributed by atoms with Crippen LogP contribution in [0.2, 0.25) is 0 Å². The molecule has 0 fully saturated rings. The minimum absolute atomic E-state index is 0.630. The number of rotatable bonds is 1. The van der Waals surface area contributed by atoms with Crippen LogP contribution in [0.15, 0.2) is 0 Å². The maximum absolute atomic E-state index is 9.78. The van der Waals surface area contributed by atoms with Gasteiger partial charge in [0.05, 0.1) is 0 Å². The van der Waals surface area contributed by atoms with Crippen molar-refractivity contribution in [2.45, 2.75) is 6.92 Å². The lowest BCUT2D eigenvalue weighted by molar-refractivity contribution is 0.598. The van der Waals surface area contributed by atoms with E-state index < -0.39 is 6.58 Å². The van der Waals surface area contributed by atoms with Crippen molar-refractivity contribution < 1.29 is 4.57 Å². The molecule has 0 rings (SSSR count). The molecule has 5 heavy (non-hydrogen) atoms. The van der Waals surface area contributed by atoms with Crippen LogP contribution in [0.25, 0.3) is 0 Å². The summed E-state index contributed by atoms with van der Waals surface area (Å²) in [4.78, 5) is 0. The van der Waals surface area contributed by atoms with E-state index in [0.717, 1.165) is 0 Å². The zero-order chi connectivity index (χ0) is 4.28. The molecule has 1 unspecified atom stereocenters. The minimum Gasteiger partial charge on any atom is -0.270 e. The van der Waals surface area contributed by atoms with E-state index in [0.29, 0.717) is 6.16 Å². The standard InChI is InChI=1S/C2H5OPS/c1-2-4(3)5/h2H2,1H3. The van der Waals surface area contributed by atoms with Crippen molar-refractivity contribution in [3.05, 3.63) is 0 Å². The van der Waals surface area contributed by atoms with Crippen molar-refractivity contribution in [1.29, 1.82) is 0 Å². The maximum Gasteiger partial charge on any atom is 0.164 e. The van der Waals surface area contributed by atoms with Crippen LogP contribution in [0.3, 0.4) is 0 Å². The van der Waals surface area contributed by atoms with Gasteiger partial charge in [-0.25, -0.2) is 0 Å². The molecule has 1 atom stereocenters. The first-order valence-corrected chi connectivity index (χ1v) is 3.85. The molecule has 0 aliphatic carbocycles. The van der Waals surface area contributed by atoms with E-state index in [2.05, 4.69) is 11.8 Å². The first kappa shape index (κ1) is 5.32. The molecule has 0 saturated carbocycles. The van der Waals surface area contributed by atoms with Crippen LogP contribution in [0.1, 0.15) is 6.92 Å². The molecule has 0 aromatic heterocycles. The molecule has 0 radical (unpaired) electrons. The summed E-state index contributed by atoms with van der Waals surface area (Å²) in [5.74, 6) is 0. The molecule has 30 valence electrons. The quantitative estimate of drug-likeness (QED) is 0.471. The van der Waals surface area contributed by atoms with Crippen LogP contribution >= 0.6 is 6.58 Å². The molecule has 0 N–H and O–H groups in total. The van der Waals surface area contributed by atoms with Gasteiger partial charge in [0.2, 0.25) is 0 Å². The van der Waals surface area contributed by atoms with E-state index in [1.54, 1.807) is 0 Å². The monoisotopic (exact) mass is 108 g/mol. The van der Waals surface area contributed by atoms with Crippen molar-refractivity contribution in [2.24, 2.45) is 0 Å². The SMILES string of the molecule is CCP(=O)=S. The molecule has 3 heteroatoms. The Morgan fingerprint density at radius 3 is 2.20 bits per heavy atom. The molecule has 1 nitrogen and oxygen atoms in total. The second-order valence-electron chi connectivity index (χ2n) is 0.649. The highest BCUT2D eigenvalue weighted by molar-refractivity contribution is 7.99. The van der Waals surface area contributed by atoms with Crippen LogP contribution in [0.5, 0.6) is 0 Å². The largest absolute Gasteiger partial charge is 0.270 e. The summed E-state index contributed by atoms with van der Waals surface area (Å²) in [5, 5.41) is 0. The highest BCUT2D eigenvalue weighted by Crippen LogP contribution is 1.97. The minimum atomic E-state index is -1.26. The van der Waals surface area contributed by atoms with Gasteiger partial charge in [-0.2, -0.15) is 0 Å². The molecule has 0 aromatic rings.